The van der Waals surface area contributed by atoms with Crippen molar-refractivity contribution in [1.82, 2.24) is 14.8 Å². The largest absolute Gasteiger partial charge is 0.453 e. The van der Waals surface area contributed by atoms with E-state index >= 15 is 0 Å². The van der Waals surface area contributed by atoms with Crippen molar-refractivity contribution >= 4 is 34.4 Å². The van der Waals surface area contributed by atoms with Crippen LogP contribution in [0.4, 0.5) is 16.2 Å². The molecule has 2 aromatic heterocycles. The first-order valence-electron chi connectivity index (χ1n) is 9.77. The number of amides is 2. The predicted octanol–water partition coefficient (Wildman–Crippen LogP) is 4.55. The molecule has 2 N–H and O–H groups in total. The van der Waals surface area contributed by atoms with E-state index in [2.05, 4.69) is 20.5 Å². The second-order valence-electron chi connectivity index (χ2n) is 6.77. The van der Waals surface area contributed by atoms with Crippen LogP contribution in [-0.4, -0.2) is 33.9 Å². The fraction of sp³-hybridized carbons (Fsp3) is 0.130. The number of aromatic nitrogens is 3. The summed E-state index contributed by atoms with van der Waals surface area (Å²) in [5.41, 5.74) is 3.92. The van der Waals surface area contributed by atoms with Crippen molar-refractivity contribution in [3.63, 3.8) is 0 Å². The minimum absolute atomic E-state index is 0.270. The predicted molar refractivity (Wildman–Crippen MR) is 119 cm³/mol. The summed E-state index contributed by atoms with van der Waals surface area (Å²) in [5.74, 6) is -0.270. The van der Waals surface area contributed by atoms with Crippen LogP contribution in [0.3, 0.4) is 0 Å². The van der Waals surface area contributed by atoms with Gasteiger partial charge in [-0.05, 0) is 37.3 Å². The Morgan fingerprint density at radius 3 is 2.32 bits per heavy atom. The molecule has 4 rings (SSSR count). The highest BCUT2D eigenvalue weighted by Gasteiger charge is 2.17. The first kappa shape index (κ1) is 20.1. The molecule has 2 heterocycles. The standard InChI is InChI=1S/C23H21N5O3/c1-3-28-21-19(14-24-28)18(13-20(27-21)15-7-5-4-6-8-15)22(29)25-16-9-11-17(12-10-16)26-23(30)31-2/h4-14H,3H2,1-2H3,(H,25,29)(H,26,30). The minimum Gasteiger partial charge on any atom is -0.453 e. The Labute approximate surface area is 178 Å². The van der Waals surface area contributed by atoms with E-state index in [9.17, 15) is 9.59 Å². The number of ether oxygens (including phenoxy) is 1. The number of nitrogens with zero attached hydrogens (tertiary/aromatic N) is 3. The molecule has 8 nitrogen and oxygen atoms in total. The summed E-state index contributed by atoms with van der Waals surface area (Å²) in [6.07, 6.45) is 1.11. The van der Waals surface area contributed by atoms with E-state index in [4.69, 9.17) is 4.98 Å². The summed E-state index contributed by atoms with van der Waals surface area (Å²) in [6, 6.07) is 18.3. The van der Waals surface area contributed by atoms with Gasteiger partial charge in [-0.1, -0.05) is 30.3 Å². The maximum absolute atomic E-state index is 13.2. The van der Waals surface area contributed by atoms with Gasteiger partial charge in [-0.2, -0.15) is 5.10 Å². The molecule has 31 heavy (non-hydrogen) atoms. The molecule has 0 unspecified atom stereocenters. The third-order valence-electron chi connectivity index (χ3n) is 4.80. The van der Waals surface area contributed by atoms with E-state index in [0.717, 1.165) is 5.56 Å². The van der Waals surface area contributed by atoms with E-state index in [-0.39, 0.29) is 5.91 Å². The number of methoxy groups -OCH3 is 1. The molecule has 4 aromatic rings. The topological polar surface area (TPSA) is 98.1 Å². The molecule has 0 radical (unpaired) electrons. The molecule has 2 aromatic carbocycles. The van der Waals surface area contributed by atoms with Gasteiger partial charge in [-0.15, -0.1) is 0 Å². The lowest BCUT2D eigenvalue weighted by Crippen LogP contribution is -2.14. The Morgan fingerprint density at radius 2 is 1.68 bits per heavy atom. The smallest absolute Gasteiger partial charge is 0.411 e. The summed E-state index contributed by atoms with van der Waals surface area (Å²) >= 11 is 0. The molecule has 0 aliphatic carbocycles. The number of carbonyl (C=O) groups excluding carboxylic acids is 2. The lowest BCUT2D eigenvalue weighted by Gasteiger charge is -2.10. The lowest BCUT2D eigenvalue weighted by molar-refractivity contribution is 0.102. The van der Waals surface area contributed by atoms with Crippen LogP contribution in [0.15, 0.2) is 66.9 Å². The van der Waals surface area contributed by atoms with Crippen molar-refractivity contribution in [1.29, 1.82) is 0 Å². The second kappa shape index (κ2) is 8.66. The van der Waals surface area contributed by atoms with Crippen LogP contribution in [0.5, 0.6) is 0 Å². The second-order valence-corrected chi connectivity index (χ2v) is 6.77. The van der Waals surface area contributed by atoms with Crippen LogP contribution < -0.4 is 10.6 Å². The first-order chi connectivity index (χ1) is 15.1. The summed E-state index contributed by atoms with van der Waals surface area (Å²) in [6.45, 7) is 2.62. The van der Waals surface area contributed by atoms with Crippen molar-refractivity contribution in [2.24, 2.45) is 0 Å². The average Bonchev–Trinajstić information content (AvgIpc) is 3.23. The van der Waals surface area contributed by atoms with Crippen molar-refractivity contribution < 1.29 is 14.3 Å². The number of fused-ring (bicyclic) bond motifs is 1. The van der Waals surface area contributed by atoms with Gasteiger partial charge >= 0.3 is 6.09 Å². The van der Waals surface area contributed by atoms with E-state index in [1.165, 1.54) is 7.11 Å². The molecule has 0 saturated carbocycles. The maximum Gasteiger partial charge on any atom is 0.411 e. The van der Waals surface area contributed by atoms with E-state index in [0.29, 0.717) is 40.2 Å². The minimum atomic E-state index is -0.558. The highest BCUT2D eigenvalue weighted by Crippen LogP contribution is 2.26. The molecule has 0 saturated heterocycles. The number of pyridine rings is 1. The van der Waals surface area contributed by atoms with Crippen LogP contribution >= 0.6 is 0 Å². The Balaban J connectivity index is 1.67. The average molecular weight is 415 g/mol. The van der Waals surface area contributed by atoms with Gasteiger partial charge in [0.1, 0.15) is 0 Å². The molecule has 0 fully saturated rings. The van der Waals surface area contributed by atoms with Gasteiger partial charge in [0.15, 0.2) is 5.65 Å². The van der Waals surface area contributed by atoms with Crippen molar-refractivity contribution in [2.75, 3.05) is 17.7 Å². The van der Waals surface area contributed by atoms with Gasteiger partial charge in [0.05, 0.1) is 30.0 Å². The highest BCUT2D eigenvalue weighted by atomic mass is 16.5. The number of aryl methyl sites for hydroxylation is 1. The summed E-state index contributed by atoms with van der Waals surface area (Å²) < 4.78 is 6.34. The summed E-state index contributed by atoms with van der Waals surface area (Å²) in [5, 5.41) is 10.5. The maximum atomic E-state index is 13.2. The van der Waals surface area contributed by atoms with Crippen LogP contribution in [0.1, 0.15) is 17.3 Å². The van der Waals surface area contributed by atoms with Gasteiger partial charge < -0.3 is 10.1 Å². The molecule has 0 spiro atoms. The number of carbonyl (C=O) groups is 2. The van der Waals surface area contributed by atoms with Crippen LogP contribution in [0.2, 0.25) is 0 Å². The zero-order chi connectivity index (χ0) is 21.8. The third kappa shape index (κ3) is 4.23. The van der Waals surface area contributed by atoms with E-state index < -0.39 is 6.09 Å². The van der Waals surface area contributed by atoms with Crippen LogP contribution in [-0.2, 0) is 11.3 Å². The van der Waals surface area contributed by atoms with Gasteiger partial charge in [0.2, 0.25) is 0 Å². The summed E-state index contributed by atoms with van der Waals surface area (Å²) in [4.78, 5) is 29.2. The SMILES string of the molecule is CCn1ncc2c(C(=O)Nc3ccc(NC(=O)OC)cc3)cc(-c3ccccc3)nc21. The zero-order valence-corrected chi connectivity index (χ0v) is 17.1. The van der Waals surface area contributed by atoms with Crippen molar-refractivity contribution in [3.8, 4) is 11.3 Å². The Hall–Kier alpha value is -4.20. The van der Waals surface area contributed by atoms with Gasteiger partial charge in [0.25, 0.3) is 5.91 Å². The fourth-order valence-electron chi connectivity index (χ4n) is 3.23. The molecular weight excluding hydrogens is 394 g/mol. The molecule has 0 atom stereocenters. The normalized spacial score (nSPS) is 10.6. The number of hydrogen-bond donors (Lipinski definition) is 2. The zero-order valence-electron chi connectivity index (χ0n) is 17.1. The Bertz CT molecular complexity index is 1230. The van der Waals surface area contributed by atoms with Crippen LogP contribution in [0.25, 0.3) is 22.3 Å². The molecule has 0 aliphatic rings. The number of anilines is 2. The van der Waals surface area contributed by atoms with Crippen molar-refractivity contribution in [2.45, 2.75) is 13.5 Å². The first-order valence-corrected chi connectivity index (χ1v) is 9.77. The molecule has 156 valence electrons. The number of hydrogen-bond acceptors (Lipinski definition) is 5. The molecule has 8 heteroatoms. The summed E-state index contributed by atoms with van der Waals surface area (Å²) in [7, 11) is 1.30. The highest BCUT2D eigenvalue weighted by molar-refractivity contribution is 6.12. The Kier molecular flexibility index (Phi) is 5.61. The van der Waals surface area contributed by atoms with Crippen molar-refractivity contribution in [3.05, 3.63) is 72.4 Å². The van der Waals surface area contributed by atoms with Crippen LogP contribution in [0, 0.1) is 0 Å². The quantitative estimate of drug-likeness (QED) is 0.498. The lowest BCUT2D eigenvalue weighted by atomic mass is 10.1. The molecule has 0 aliphatic heterocycles. The van der Waals surface area contributed by atoms with Gasteiger partial charge in [0, 0.05) is 23.5 Å². The van der Waals surface area contributed by atoms with Gasteiger partial charge in [-0.25, -0.2) is 14.5 Å². The number of nitrogens with one attached hydrogen (secondary N) is 2. The van der Waals surface area contributed by atoms with E-state index in [1.807, 2.05) is 37.3 Å². The molecule has 2 amide bonds. The van der Waals surface area contributed by atoms with E-state index in [1.54, 1.807) is 41.2 Å². The van der Waals surface area contributed by atoms with Gasteiger partial charge in [-0.3, -0.25) is 10.1 Å². The molecule has 0 bridgehead atoms. The fourth-order valence-corrected chi connectivity index (χ4v) is 3.23. The number of benzene rings is 2. The Morgan fingerprint density at radius 1 is 1.00 bits per heavy atom. The monoisotopic (exact) mass is 415 g/mol. The molecular formula is C23H21N5O3. The third-order valence-corrected chi connectivity index (χ3v) is 4.80. The number of rotatable bonds is 5.